The zero-order valence-electron chi connectivity index (χ0n) is 16.8. The van der Waals surface area contributed by atoms with Crippen molar-refractivity contribution >= 4 is 21.4 Å². The average Bonchev–Trinajstić information content (AvgIpc) is 3.13. The molecule has 2 aromatic rings. The summed E-state index contributed by atoms with van der Waals surface area (Å²) in [7, 11) is -3.24. The summed E-state index contributed by atoms with van der Waals surface area (Å²) >= 11 is 0. The van der Waals surface area contributed by atoms with E-state index in [-0.39, 0.29) is 18.2 Å². The molecule has 1 unspecified atom stereocenters. The second-order valence-corrected chi connectivity index (χ2v) is 9.63. The van der Waals surface area contributed by atoms with Crippen LogP contribution in [-0.2, 0) is 21.2 Å². The molecule has 1 amide bonds. The van der Waals surface area contributed by atoms with Crippen LogP contribution < -0.4 is 4.90 Å². The predicted molar refractivity (Wildman–Crippen MR) is 117 cm³/mol. The van der Waals surface area contributed by atoms with Crippen molar-refractivity contribution in [1.29, 1.82) is 0 Å². The van der Waals surface area contributed by atoms with Crippen LogP contribution in [0.2, 0.25) is 0 Å². The van der Waals surface area contributed by atoms with Gasteiger partial charge in [-0.15, -0.1) is 0 Å². The van der Waals surface area contributed by atoms with Gasteiger partial charge in [0, 0.05) is 56.2 Å². The monoisotopic (exact) mass is 426 g/mol. The molecule has 4 rings (SSSR count). The summed E-state index contributed by atoms with van der Waals surface area (Å²) in [5.74, 6) is -0.0993. The maximum absolute atomic E-state index is 13.2. The number of sulfone groups is 1. The second-order valence-electron chi connectivity index (χ2n) is 7.70. The van der Waals surface area contributed by atoms with Crippen LogP contribution in [0.1, 0.15) is 5.56 Å². The number of aromatic nitrogens is 1. The molecule has 7 nitrogen and oxygen atoms in total. The van der Waals surface area contributed by atoms with Crippen molar-refractivity contribution < 1.29 is 13.2 Å². The van der Waals surface area contributed by atoms with Crippen LogP contribution in [0, 0.1) is 0 Å². The van der Waals surface area contributed by atoms with Gasteiger partial charge in [0.1, 0.15) is 0 Å². The molecule has 1 fully saturated rings. The highest BCUT2D eigenvalue weighted by Gasteiger charge is 2.31. The largest absolute Gasteiger partial charge is 0.369 e. The van der Waals surface area contributed by atoms with Crippen LogP contribution in [0.4, 0.5) is 5.69 Å². The van der Waals surface area contributed by atoms with Crippen LogP contribution in [0.15, 0.2) is 66.3 Å². The lowest BCUT2D eigenvalue weighted by Gasteiger charge is -2.37. The Labute approximate surface area is 177 Å². The van der Waals surface area contributed by atoms with Gasteiger partial charge >= 0.3 is 0 Å². The van der Waals surface area contributed by atoms with Crippen molar-refractivity contribution in [1.82, 2.24) is 14.8 Å². The molecule has 158 valence electrons. The molecule has 2 aliphatic heterocycles. The Morgan fingerprint density at radius 3 is 2.37 bits per heavy atom. The molecule has 1 saturated heterocycles. The van der Waals surface area contributed by atoms with Crippen molar-refractivity contribution in [3.8, 4) is 0 Å². The number of pyridine rings is 1. The van der Waals surface area contributed by atoms with E-state index in [0.29, 0.717) is 6.54 Å². The summed E-state index contributed by atoms with van der Waals surface area (Å²) < 4.78 is 23.9. The molecule has 0 bridgehead atoms. The summed E-state index contributed by atoms with van der Waals surface area (Å²) in [5.41, 5.74) is 2.13. The Kier molecular flexibility index (Phi) is 6.15. The molecule has 3 heterocycles. The van der Waals surface area contributed by atoms with Crippen molar-refractivity contribution in [2.45, 2.75) is 12.6 Å². The SMILES string of the molecule is O=C(CN1CCN(c2ccccc2)CC1)N(Cc1ccncc1)C1C=CS(=O)(=O)C1. The van der Waals surface area contributed by atoms with Crippen molar-refractivity contribution in [2.75, 3.05) is 43.4 Å². The highest BCUT2D eigenvalue weighted by Crippen LogP contribution is 2.19. The molecule has 0 aliphatic carbocycles. The number of hydrogen-bond donors (Lipinski definition) is 0. The molecule has 2 aliphatic rings. The minimum absolute atomic E-state index is 0.0493. The van der Waals surface area contributed by atoms with Crippen molar-refractivity contribution in [3.63, 3.8) is 0 Å². The van der Waals surface area contributed by atoms with Gasteiger partial charge in [-0.05, 0) is 35.9 Å². The van der Waals surface area contributed by atoms with Gasteiger partial charge in [-0.25, -0.2) is 8.42 Å². The first-order valence-corrected chi connectivity index (χ1v) is 11.8. The molecule has 1 aromatic heterocycles. The fraction of sp³-hybridized carbons (Fsp3) is 0.364. The number of nitrogens with zero attached hydrogens (tertiary/aromatic N) is 4. The Balaban J connectivity index is 1.40. The quantitative estimate of drug-likeness (QED) is 0.698. The summed E-state index contributed by atoms with van der Waals surface area (Å²) in [6.45, 7) is 3.97. The lowest BCUT2D eigenvalue weighted by Crippen LogP contribution is -2.51. The number of para-hydroxylation sites is 1. The van der Waals surface area contributed by atoms with E-state index in [4.69, 9.17) is 0 Å². The number of carbonyl (C=O) groups is 1. The van der Waals surface area contributed by atoms with Gasteiger partial charge in [0.2, 0.25) is 5.91 Å². The van der Waals surface area contributed by atoms with E-state index < -0.39 is 15.9 Å². The third kappa shape index (κ3) is 5.06. The maximum atomic E-state index is 13.2. The van der Waals surface area contributed by atoms with Crippen molar-refractivity contribution in [3.05, 3.63) is 71.9 Å². The van der Waals surface area contributed by atoms with Gasteiger partial charge in [-0.3, -0.25) is 14.7 Å². The third-order valence-corrected chi connectivity index (χ3v) is 6.96. The molecule has 0 saturated carbocycles. The first-order valence-electron chi connectivity index (χ1n) is 10.1. The average molecular weight is 427 g/mol. The fourth-order valence-electron chi connectivity index (χ4n) is 3.91. The number of amides is 1. The van der Waals surface area contributed by atoms with E-state index >= 15 is 0 Å². The summed E-state index contributed by atoms with van der Waals surface area (Å²) in [5, 5.41) is 1.23. The Morgan fingerprint density at radius 2 is 1.73 bits per heavy atom. The van der Waals surface area contributed by atoms with Crippen LogP contribution >= 0.6 is 0 Å². The first kappa shape index (κ1) is 20.6. The van der Waals surface area contributed by atoms with E-state index in [1.807, 2.05) is 30.3 Å². The van der Waals surface area contributed by atoms with E-state index in [9.17, 15) is 13.2 Å². The number of anilines is 1. The Morgan fingerprint density at radius 1 is 1.03 bits per heavy atom. The smallest absolute Gasteiger partial charge is 0.237 e. The second kappa shape index (κ2) is 8.97. The van der Waals surface area contributed by atoms with Gasteiger partial charge in [-0.2, -0.15) is 0 Å². The molecular formula is C22H26N4O3S. The number of piperazine rings is 1. The minimum atomic E-state index is -3.24. The highest BCUT2D eigenvalue weighted by atomic mass is 32.2. The van der Waals surface area contributed by atoms with Gasteiger partial charge in [0.05, 0.1) is 18.3 Å². The molecule has 30 heavy (non-hydrogen) atoms. The van der Waals surface area contributed by atoms with E-state index in [2.05, 4.69) is 26.9 Å². The Hall–Kier alpha value is -2.71. The lowest BCUT2D eigenvalue weighted by atomic mass is 10.2. The van der Waals surface area contributed by atoms with E-state index in [1.165, 1.54) is 11.1 Å². The lowest BCUT2D eigenvalue weighted by molar-refractivity contribution is -0.134. The van der Waals surface area contributed by atoms with E-state index in [1.54, 1.807) is 23.4 Å². The molecular weight excluding hydrogens is 400 g/mol. The zero-order chi connectivity index (χ0) is 21.0. The normalized spacial score (nSPS) is 20.9. The van der Waals surface area contributed by atoms with Crippen molar-refractivity contribution in [2.24, 2.45) is 0 Å². The van der Waals surface area contributed by atoms with Gasteiger partial charge in [0.25, 0.3) is 0 Å². The molecule has 1 atom stereocenters. The van der Waals surface area contributed by atoms with E-state index in [0.717, 1.165) is 31.7 Å². The number of carbonyl (C=O) groups excluding carboxylic acids is 1. The van der Waals surface area contributed by atoms with Crippen LogP contribution in [0.5, 0.6) is 0 Å². The number of benzene rings is 1. The third-order valence-electron chi connectivity index (χ3n) is 5.59. The van der Waals surface area contributed by atoms with Crippen LogP contribution in [0.25, 0.3) is 0 Å². The summed E-state index contributed by atoms with van der Waals surface area (Å²) in [4.78, 5) is 23.4. The van der Waals surface area contributed by atoms with Gasteiger partial charge in [0.15, 0.2) is 9.84 Å². The highest BCUT2D eigenvalue weighted by molar-refractivity contribution is 7.94. The molecule has 0 spiro atoms. The van der Waals surface area contributed by atoms with Crippen LogP contribution in [0.3, 0.4) is 0 Å². The molecule has 1 aromatic carbocycles. The predicted octanol–water partition coefficient (Wildman–Crippen LogP) is 1.54. The maximum Gasteiger partial charge on any atom is 0.237 e. The molecule has 8 heteroatoms. The minimum Gasteiger partial charge on any atom is -0.369 e. The summed E-state index contributed by atoms with van der Waals surface area (Å²) in [6, 6.07) is 13.6. The zero-order valence-corrected chi connectivity index (χ0v) is 17.6. The topological polar surface area (TPSA) is 73.8 Å². The van der Waals surface area contributed by atoms with Gasteiger partial charge < -0.3 is 9.80 Å². The fourth-order valence-corrected chi connectivity index (χ4v) is 5.21. The standard InChI is InChI=1S/C22H26N4O3S/c27-22(17-24-11-13-25(14-12-24)20-4-2-1-3-5-20)26(16-19-6-9-23-10-7-19)21-8-15-30(28,29)18-21/h1-10,15,21H,11-14,16-18H2. The first-order chi connectivity index (χ1) is 14.5. The number of hydrogen-bond acceptors (Lipinski definition) is 6. The van der Waals surface area contributed by atoms with Gasteiger partial charge in [-0.1, -0.05) is 18.2 Å². The molecule has 0 N–H and O–H groups in total. The van der Waals surface area contributed by atoms with Crippen LogP contribution in [-0.4, -0.2) is 73.6 Å². The number of rotatable bonds is 6. The molecule has 0 radical (unpaired) electrons. The Bertz CT molecular complexity index is 988. The summed E-state index contributed by atoms with van der Waals surface area (Å²) in [6.07, 6.45) is 4.99.